The topological polar surface area (TPSA) is 29.1 Å². The molecule has 2 aromatic rings. The Hall–Kier alpha value is -2.37. The lowest BCUT2D eigenvalue weighted by Gasteiger charge is -2.07. The highest BCUT2D eigenvalue weighted by Gasteiger charge is 2.17. The predicted octanol–water partition coefficient (Wildman–Crippen LogP) is 3.50. The van der Waals surface area contributed by atoms with Crippen LogP contribution in [-0.4, -0.2) is 5.91 Å². The average molecular weight is 269 g/mol. The summed E-state index contributed by atoms with van der Waals surface area (Å²) in [4.78, 5) is 11.6. The summed E-state index contributed by atoms with van der Waals surface area (Å²) in [5.41, 5.74) is -0.890. The molecule has 0 aliphatic carbocycles. The number of hydrogen-bond acceptors (Lipinski definition) is 1. The molecular formula is C13H7F4NO. The Morgan fingerprint density at radius 2 is 1.53 bits per heavy atom. The molecule has 1 N–H and O–H groups in total. The molecule has 0 spiro atoms. The van der Waals surface area contributed by atoms with E-state index in [2.05, 4.69) is 0 Å². The number of carbonyl (C=O) groups excluding carboxylic acids is 1. The van der Waals surface area contributed by atoms with Crippen molar-refractivity contribution in [2.45, 2.75) is 0 Å². The van der Waals surface area contributed by atoms with Gasteiger partial charge in [0.05, 0.1) is 11.3 Å². The fourth-order valence-corrected chi connectivity index (χ4v) is 1.46. The summed E-state index contributed by atoms with van der Waals surface area (Å²) in [6.07, 6.45) is 0. The van der Waals surface area contributed by atoms with Crippen molar-refractivity contribution < 1.29 is 22.4 Å². The molecule has 19 heavy (non-hydrogen) atoms. The number of benzene rings is 2. The zero-order chi connectivity index (χ0) is 14.0. The third-order valence-electron chi connectivity index (χ3n) is 2.40. The normalized spacial score (nSPS) is 10.3. The summed E-state index contributed by atoms with van der Waals surface area (Å²) < 4.78 is 52.3. The van der Waals surface area contributed by atoms with Gasteiger partial charge < -0.3 is 5.32 Å². The van der Waals surface area contributed by atoms with E-state index in [-0.39, 0.29) is 5.56 Å². The monoisotopic (exact) mass is 269 g/mol. The fourth-order valence-electron chi connectivity index (χ4n) is 1.46. The van der Waals surface area contributed by atoms with Crippen molar-refractivity contribution in [2.24, 2.45) is 0 Å². The highest BCUT2D eigenvalue weighted by Crippen LogP contribution is 2.20. The van der Waals surface area contributed by atoms with E-state index >= 15 is 0 Å². The maximum atomic E-state index is 13.3. The third kappa shape index (κ3) is 2.57. The van der Waals surface area contributed by atoms with Crippen LogP contribution < -0.4 is 5.32 Å². The molecule has 1 amide bonds. The van der Waals surface area contributed by atoms with Crippen LogP contribution in [0, 0.1) is 23.3 Å². The number of rotatable bonds is 2. The van der Waals surface area contributed by atoms with Crippen LogP contribution in [-0.2, 0) is 0 Å². The van der Waals surface area contributed by atoms with Gasteiger partial charge in [0.2, 0.25) is 0 Å². The lowest BCUT2D eigenvalue weighted by Crippen LogP contribution is -2.15. The highest BCUT2D eigenvalue weighted by atomic mass is 19.2. The van der Waals surface area contributed by atoms with Crippen molar-refractivity contribution in [1.82, 2.24) is 0 Å². The van der Waals surface area contributed by atoms with Gasteiger partial charge in [0.15, 0.2) is 17.5 Å². The van der Waals surface area contributed by atoms with Gasteiger partial charge in [-0.05, 0) is 24.3 Å². The molecule has 0 aliphatic rings. The first-order chi connectivity index (χ1) is 9.00. The van der Waals surface area contributed by atoms with E-state index in [1.165, 1.54) is 18.2 Å². The van der Waals surface area contributed by atoms with Gasteiger partial charge in [-0.25, -0.2) is 17.6 Å². The lowest BCUT2D eigenvalue weighted by atomic mass is 10.2. The molecule has 2 aromatic carbocycles. The Morgan fingerprint density at radius 3 is 2.21 bits per heavy atom. The molecule has 98 valence electrons. The molecule has 2 rings (SSSR count). The second-order valence-electron chi connectivity index (χ2n) is 3.66. The summed E-state index contributed by atoms with van der Waals surface area (Å²) in [5.74, 6) is -6.37. The van der Waals surface area contributed by atoms with Gasteiger partial charge in [0.1, 0.15) is 5.82 Å². The molecule has 0 aliphatic heterocycles. The van der Waals surface area contributed by atoms with Gasteiger partial charge in [0.25, 0.3) is 5.91 Å². The molecule has 0 aromatic heterocycles. The van der Waals surface area contributed by atoms with E-state index in [1.807, 2.05) is 5.32 Å². The Kier molecular flexibility index (Phi) is 3.50. The molecular weight excluding hydrogens is 262 g/mol. The number of anilines is 1. The predicted molar refractivity (Wildman–Crippen MR) is 60.7 cm³/mol. The Labute approximate surface area is 105 Å². The molecule has 0 unspecified atom stereocenters. The van der Waals surface area contributed by atoms with Crippen molar-refractivity contribution in [2.75, 3.05) is 5.32 Å². The zero-order valence-corrected chi connectivity index (χ0v) is 9.38. The standard InChI is InChI=1S/C13H7F4NO/c14-8-4-2-1-3-7(8)13(19)18-10-6-5-9(15)11(16)12(10)17/h1-6H,(H,18,19). The molecule has 0 saturated heterocycles. The molecule has 0 atom stereocenters. The average Bonchev–Trinajstić information content (AvgIpc) is 2.40. The number of amides is 1. The largest absolute Gasteiger partial charge is 0.319 e. The van der Waals surface area contributed by atoms with Gasteiger partial charge >= 0.3 is 0 Å². The minimum Gasteiger partial charge on any atom is -0.319 e. The summed E-state index contributed by atoms with van der Waals surface area (Å²) in [6.45, 7) is 0. The van der Waals surface area contributed by atoms with Gasteiger partial charge in [-0.15, -0.1) is 0 Å². The number of nitrogens with one attached hydrogen (secondary N) is 1. The molecule has 6 heteroatoms. The second kappa shape index (κ2) is 5.09. The third-order valence-corrected chi connectivity index (χ3v) is 2.40. The smallest absolute Gasteiger partial charge is 0.258 e. The number of carbonyl (C=O) groups is 1. The van der Waals surface area contributed by atoms with Gasteiger partial charge in [-0.2, -0.15) is 0 Å². The van der Waals surface area contributed by atoms with E-state index in [0.29, 0.717) is 6.07 Å². The molecule has 0 bridgehead atoms. The van der Waals surface area contributed by atoms with E-state index in [1.54, 1.807) is 0 Å². The quantitative estimate of drug-likeness (QED) is 0.656. The highest BCUT2D eigenvalue weighted by molar-refractivity contribution is 6.04. The minimum atomic E-state index is -1.70. The van der Waals surface area contributed by atoms with E-state index in [9.17, 15) is 22.4 Å². The van der Waals surface area contributed by atoms with Crippen molar-refractivity contribution in [1.29, 1.82) is 0 Å². The van der Waals surface area contributed by atoms with Gasteiger partial charge in [-0.3, -0.25) is 4.79 Å². The SMILES string of the molecule is O=C(Nc1ccc(F)c(F)c1F)c1ccccc1F. The molecule has 2 nitrogen and oxygen atoms in total. The van der Waals surface area contributed by atoms with Gasteiger partial charge in [0, 0.05) is 0 Å². The van der Waals surface area contributed by atoms with Gasteiger partial charge in [-0.1, -0.05) is 12.1 Å². The zero-order valence-electron chi connectivity index (χ0n) is 9.38. The van der Waals surface area contributed by atoms with Crippen LogP contribution in [0.4, 0.5) is 23.2 Å². The van der Waals surface area contributed by atoms with Crippen LogP contribution in [0.3, 0.4) is 0 Å². The van der Waals surface area contributed by atoms with E-state index in [4.69, 9.17) is 0 Å². The van der Waals surface area contributed by atoms with Crippen LogP contribution in [0.1, 0.15) is 10.4 Å². The Bertz CT molecular complexity index is 643. The van der Waals surface area contributed by atoms with Crippen LogP contribution >= 0.6 is 0 Å². The number of halogens is 4. The first-order valence-electron chi connectivity index (χ1n) is 5.20. The molecule has 0 heterocycles. The fraction of sp³-hybridized carbons (Fsp3) is 0. The summed E-state index contributed by atoms with van der Waals surface area (Å²) in [7, 11) is 0. The van der Waals surface area contributed by atoms with Crippen molar-refractivity contribution in [3.8, 4) is 0 Å². The minimum absolute atomic E-state index is 0.327. The van der Waals surface area contributed by atoms with Crippen LogP contribution in [0.5, 0.6) is 0 Å². The molecule has 0 radical (unpaired) electrons. The van der Waals surface area contributed by atoms with Crippen LogP contribution in [0.15, 0.2) is 36.4 Å². The maximum Gasteiger partial charge on any atom is 0.258 e. The van der Waals surface area contributed by atoms with Crippen molar-refractivity contribution in [3.05, 3.63) is 65.2 Å². The van der Waals surface area contributed by atoms with Crippen molar-refractivity contribution >= 4 is 11.6 Å². The Morgan fingerprint density at radius 1 is 0.842 bits per heavy atom. The maximum absolute atomic E-state index is 13.3. The summed E-state index contributed by atoms with van der Waals surface area (Å²) in [6, 6.07) is 6.55. The van der Waals surface area contributed by atoms with Crippen molar-refractivity contribution in [3.63, 3.8) is 0 Å². The van der Waals surface area contributed by atoms with E-state index < -0.39 is 34.9 Å². The number of hydrogen-bond donors (Lipinski definition) is 1. The summed E-state index contributed by atoms with van der Waals surface area (Å²) in [5, 5.41) is 1.97. The van der Waals surface area contributed by atoms with Crippen LogP contribution in [0.25, 0.3) is 0 Å². The lowest BCUT2D eigenvalue weighted by molar-refractivity contribution is 0.102. The second-order valence-corrected chi connectivity index (χ2v) is 3.66. The van der Waals surface area contributed by atoms with E-state index in [0.717, 1.165) is 12.1 Å². The first kappa shape index (κ1) is 13.1. The van der Waals surface area contributed by atoms with Crippen LogP contribution in [0.2, 0.25) is 0 Å². The molecule has 0 saturated carbocycles. The Balaban J connectivity index is 2.30. The molecule has 0 fully saturated rings. The first-order valence-corrected chi connectivity index (χ1v) is 5.20. The summed E-state index contributed by atoms with van der Waals surface area (Å²) >= 11 is 0.